The molecule has 146 valence electrons. The summed E-state index contributed by atoms with van der Waals surface area (Å²) in [7, 11) is -2.96. The molecule has 2 aromatic carbocycles. The number of amides is 1. The highest BCUT2D eigenvalue weighted by Gasteiger charge is 2.42. The first-order valence-corrected chi connectivity index (χ1v) is 11.8. The fourth-order valence-corrected chi connectivity index (χ4v) is 6.98. The number of hydrogen-bond acceptors (Lipinski definition) is 6. The normalized spacial score (nSPS) is 22.4. The summed E-state index contributed by atoms with van der Waals surface area (Å²) >= 11 is 1.46. The molecule has 2 heterocycles. The van der Waals surface area contributed by atoms with Crippen molar-refractivity contribution in [1.82, 2.24) is 0 Å². The van der Waals surface area contributed by atoms with Gasteiger partial charge >= 0.3 is 0 Å². The Morgan fingerprint density at radius 3 is 2.64 bits per heavy atom. The van der Waals surface area contributed by atoms with Gasteiger partial charge in [0, 0.05) is 22.2 Å². The average Bonchev–Trinajstić information content (AvgIpc) is 3.15. The van der Waals surface area contributed by atoms with E-state index in [0.29, 0.717) is 10.7 Å². The number of amidine groups is 1. The zero-order valence-corrected chi connectivity index (χ0v) is 17.0. The van der Waals surface area contributed by atoms with Crippen LogP contribution in [0.25, 0.3) is 0 Å². The van der Waals surface area contributed by atoms with E-state index in [4.69, 9.17) is 0 Å². The molecule has 0 spiro atoms. The number of carbonyl (C=O) groups excluding carboxylic acids is 1. The number of rotatable bonds is 4. The molecule has 6 nitrogen and oxygen atoms in total. The van der Waals surface area contributed by atoms with E-state index in [1.807, 2.05) is 36.4 Å². The predicted molar refractivity (Wildman–Crippen MR) is 115 cm³/mol. The van der Waals surface area contributed by atoms with Crippen LogP contribution in [0.15, 0.2) is 53.5 Å². The molecule has 28 heavy (non-hydrogen) atoms. The van der Waals surface area contributed by atoms with E-state index < -0.39 is 9.84 Å². The van der Waals surface area contributed by atoms with Crippen LogP contribution in [0.5, 0.6) is 0 Å². The fourth-order valence-electron chi connectivity index (χ4n) is 3.30. The van der Waals surface area contributed by atoms with Gasteiger partial charge in [0.15, 0.2) is 15.0 Å². The van der Waals surface area contributed by atoms with Crippen molar-refractivity contribution in [3.63, 3.8) is 0 Å². The zero-order chi connectivity index (χ0) is 19.7. The van der Waals surface area contributed by atoms with Gasteiger partial charge in [-0.05, 0) is 42.3 Å². The van der Waals surface area contributed by atoms with E-state index in [0.717, 1.165) is 17.8 Å². The monoisotopic (exact) mass is 415 g/mol. The Kier molecular flexibility index (Phi) is 5.16. The van der Waals surface area contributed by atoms with Crippen LogP contribution in [0.3, 0.4) is 0 Å². The topological polar surface area (TPSA) is 87.6 Å². The highest BCUT2D eigenvalue weighted by atomic mass is 32.2. The van der Waals surface area contributed by atoms with Crippen molar-refractivity contribution in [3.8, 4) is 0 Å². The zero-order valence-electron chi connectivity index (χ0n) is 15.4. The number of sulfone groups is 1. The molecule has 4 rings (SSSR count). The largest absolute Gasteiger partial charge is 0.335 e. The summed E-state index contributed by atoms with van der Waals surface area (Å²) in [6.45, 7) is 2.09. The van der Waals surface area contributed by atoms with Crippen molar-refractivity contribution in [3.05, 3.63) is 59.7 Å². The molecular formula is C20H21N3O3S2. The molecule has 2 aromatic rings. The molecular weight excluding hydrogens is 394 g/mol. The van der Waals surface area contributed by atoms with Gasteiger partial charge in [0.1, 0.15) is 0 Å². The van der Waals surface area contributed by atoms with E-state index in [1.165, 1.54) is 17.3 Å². The van der Waals surface area contributed by atoms with Crippen LogP contribution in [0.4, 0.5) is 11.4 Å². The van der Waals surface area contributed by atoms with Crippen LogP contribution in [-0.4, -0.2) is 42.3 Å². The van der Waals surface area contributed by atoms with Gasteiger partial charge in [0.05, 0.1) is 17.5 Å². The second-order valence-electron chi connectivity index (χ2n) is 6.95. The number of anilines is 2. The molecule has 0 aromatic heterocycles. The van der Waals surface area contributed by atoms with Crippen molar-refractivity contribution >= 4 is 44.0 Å². The molecule has 0 unspecified atom stereocenters. The molecule has 0 saturated carbocycles. The SMILES string of the molecule is CCc1ccc(NC(=O)c2cccc(NC3=N[C@@H]4CS(=O)(=O)C[C@H]4S3)c2)cc1. The average molecular weight is 416 g/mol. The van der Waals surface area contributed by atoms with E-state index in [1.54, 1.807) is 12.1 Å². The third kappa shape index (κ3) is 4.23. The summed E-state index contributed by atoms with van der Waals surface area (Å²) in [6, 6.07) is 14.8. The van der Waals surface area contributed by atoms with Gasteiger partial charge in [0.2, 0.25) is 0 Å². The molecule has 2 N–H and O–H groups in total. The quantitative estimate of drug-likeness (QED) is 0.801. The van der Waals surface area contributed by atoms with Crippen molar-refractivity contribution in [2.24, 2.45) is 4.99 Å². The lowest BCUT2D eigenvalue weighted by molar-refractivity contribution is 0.102. The molecule has 0 bridgehead atoms. The lowest BCUT2D eigenvalue weighted by Crippen LogP contribution is -2.14. The number of aryl methyl sites for hydroxylation is 1. The van der Waals surface area contributed by atoms with Gasteiger partial charge in [-0.2, -0.15) is 0 Å². The van der Waals surface area contributed by atoms with Gasteiger partial charge in [0.25, 0.3) is 5.91 Å². The number of nitrogens with one attached hydrogen (secondary N) is 2. The van der Waals surface area contributed by atoms with Gasteiger partial charge in [-0.15, -0.1) is 0 Å². The maximum atomic E-state index is 12.5. The Labute approximate surface area is 168 Å². The molecule has 0 aliphatic carbocycles. The summed E-state index contributed by atoms with van der Waals surface area (Å²) in [6.07, 6.45) is 0.956. The van der Waals surface area contributed by atoms with E-state index >= 15 is 0 Å². The van der Waals surface area contributed by atoms with Crippen LogP contribution < -0.4 is 10.6 Å². The summed E-state index contributed by atoms with van der Waals surface area (Å²) in [5.41, 5.74) is 3.26. The molecule has 1 amide bonds. The Hall–Kier alpha value is -2.32. The second kappa shape index (κ2) is 7.60. The maximum Gasteiger partial charge on any atom is 0.255 e. The number of thioether (sulfide) groups is 1. The minimum absolute atomic E-state index is 0.00919. The smallest absolute Gasteiger partial charge is 0.255 e. The van der Waals surface area contributed by atoms with E-state index in [-0.39, 0.29) is 28.7 Å². The van der Waals surface area contributed by atoms with Crippen LogP contribution in [0.1, 0.15) is 22.8 Å². The van der Waals surface area contributed by atoms with Crippen molar-refractivity contribution < 1.29 is 13.2 Å². The third-order valence-corrected chi connectivity index (χ3v) is 7.96. The van der Waals surface area contributed by atoms with Gasteiger partial charge in [-0.1, -0.05) is 36.9 Å². The molecule has 2 aliphatic heterocycles. The number of hydrogen-bond donors (Lipinski definition) is 2. The number of carbonyl (C=O) groups is 1. The Morgan fingerprint density at radius 2 is 1.93 bits per heavy atom. The van der Waals surface area contributed by atoms with Crippen LogP contribution in [0.2, 0.25) is 0 Å². The minimum atomic E-state index is -2.96. The third-order valence-electron chi connectivity index (χ3n) is 4.81. The van der Waals surface area contributed by atoms with E-state index in [2.05, 4.69) is 22.5 Å². The summed E-state index contributed by atoms with van der Waals surface area (Å²) in [5.74, 6) is 0.114. The van der Waals surface area contributed by atoms with Crippen molar-refractivity contribution in [1.29, 1.82) is 0 Å². The number of benzene rings is 2. The Bertz CT molecular complexity index is 1030. The van der Waals surface area contributed by atoms with Crippen molar-refractivity contribution in [2.75, 3.05) is 22.1 Å². The van der Waals surface area contributed by atoms with Crippen LogP contribution in [0, 0.1) is 0 Å². The molecule has 1 fully saturated rings. The first-order chi connectivity index (χ1) is 13.4. The summed E-state index contributed by atoms with van der Waals surface area (Å²) in [5, 5.41) is 6.81. The second-order valence-corrected chi connectivity index (χ2v) is 10.3. The molecule has 1 saturated heterocycles. The minimum Gasteiger partial charge on any atom is -0.335 e. The maximum absolute atomic E-state index is 12.5. The fraction of sp³-hybridized carbons (Fsp3) is 0.300. The molecule has 8 heteroatoms. The molecule has 0 radical (unpaired) electrons. The van der Waals surface area contributed by atoms with Gasteiger partial charge in [-0.3, -0.25) is 9.79 Å². The lowest BCUT2D eigenvalue weighted by atomic mass is 10.1. The Balaban J connectivity index is 1.42. The first kappa shape index (κ1) is 19.0. The predicted octanol–water partition coefficient (Wildman–Crippen LogP) is 3.18. The first-order valence-electron chi connectivity index (χ1n) is 9.14. The summed E-state index contributed by atoms with van der Waals surface area (Å²) < 4.78 is 23.3. The van der Waals surface area contributed by atoms with Gasteiger partial charge < -0.3 is 10.6 Å². The lowest BCUT2D eigenvalue weighted by Gasteiger charge is -2.10. The molecule has 2 aliphatic rings. The summed E-state index contributed by atoms with van der Waals surface area (Å²) in [4.78, 5) is 17.0. The highest BCUT2D eigenvalue weighted by molar-refractivity contribution is 8.15. The number of fused-ring (bicyclic) bond motifs is 1. The highest BCUT2D eigenvalue weighted by Crippen LogP contribution is 2.34. The number of nitrogens with zero attached hydrogens (tertiary/aromatic N) is 1. The van der Waals surface area contributed by atoms with Crippen molar-refractivity contribution in [2.45, 2.75) is 24.6 Å². The van der Waals surface area contributed by atoms with Gasteiger partial charge in [-0.25, -0.2) is 8.42 Å². The molecule has 2 atom stereocenters. The van der Waals surface area contributed by atoms with Crippen LogP contribution >= 0.6 is 11.8 Å². The number of aliphatic imine (C=N–C) groups is 1. The Morgan fingerprint density at radius 1 is 1.14 bits per heavy atom. The van der Waals surface area contributed by atoms with E-state index in [9.17, 15) is 13.2 Å². The standard InChI is InChI=1S/C20H21N3O3S2/c1-2-13-6-8-15(9-7-13)21-19(24)14-4-3-5-16(10-14)22-20-23-17-11-28(25,26)12-18(17)27-20/h3-10,17-18H,2,11-12H2,1H3,(H,21,24)(H,22,23)/t17-,18-/m1/s1. The van der Waals surface area contributed by atoms with Crippen LogP contribution in [-0.2, 0) is 16.3 Å².